The second kappa shape index (κ2) is 8.61. The minimum atomic E-state index is -4.69. The van der Waals surface area contributed by atoms with Gasteiger partial charge >= 0.3 is 6.18 Å². The number of benzene rings is 2. The smallest absolute Gasteiger partial charge is 0.324 e. The number of hydrogen-bond donors (Lipinski definition) is 2. The molecule has 3 aromatic rings. The predicted octanol–water partition coefficient (Wildman–Crippen LogP) is 3.91. The average molecular weight is 448 g/mol. The first kappa shape index (κ1) is 22.7. The highest BCUT2D eigenvalue weighted by atomic mass is 19.4. The standard InChI is InChI=1S/C21H16F4N4O3/c1-11-9-18(31)19(28-29(11)17-6-4-3-5-14(17)21(23,24)25)20(32)27-13-7-8-15(22)16(10-13)26-12(2)30/h3-10H,1-2H3,(H,26,30)(H,27,32). The largest absolute Gasteiger partial charge is 0.418 e. The van der Waals surface area contributed by atoms with E-state index in [9.17, 15) is 31.9 Å². The van der Waals surface area contributed by atoms with Crippen molar-refractivity contribution < 1.29 is 27.2 Å². The monoisotopic (exact) mass is 448 g/mol. The fraction of sp³-hybridized carbons (Fsp3) is 0.143. The lowest BCUT2D eigenvalue weighted by atomic mass is 10.1. The van der Waals surface area contributed by atoms with E-state index in [-0.39, 0.29) is 22.8 Å². The van der Waals surface area contributed by atoms with Gasteiger partial charge in [0, 0.05) is 24.4 Å². The molecule has 0 fully saturated rings. The van der Waals surface area contributed by atoms with Crippen LogP contribution in [0.3, 0.4) is 0 Å². The van der Waals surface area contributed by atoms with E-state index in [0.29, 0.717) is 0 Å². The van der Waals surface area contributed by atoms with E-state index in [0.717, 1.165) is 35.0 Å². The summed E-state index contributed by atoms with van der Waals surface area (Å²) >= 11 is 0. The molecule has 0 atom stereocenters. The average Bonchev–Trinajstić information content (AvgIpc) is 2.69. The Balaban J connectivity index is 2.02. The number of aromatic nitrogens is 2. The van der Waals surface area contributed by atoms with E-state index in [2.05, 4.69) is 15.7 Å². The van der Waals surface area contributed by atoms with Crippen molar-refractivity contribution in [1.82, 2.24) is 9.78 Å². The number of nitrogens with zero attached hydrogens (tertiary/aromatic N) is 2. The van der Waals surface area contributed by atoms with Crippen molar-refractivity contribution in [3.05, 3.63) is 81.5 Å². The molecule has 0 bridgehead atoms. The molecule has 0 unspecified atom stereocenters. The van der Waals surface area contributed by atoms with Gasteiger partial charge in [-0.25, -0.2) is 9.07 Å². The SMILES string of the molecule is CC(=O)Nc1cc(NC(=O)c2nn(-c3ccccc3C(F)(F)F)c(C)cc2=O)ccc1F. The summed E-state index contributed by atoms with van der Waals surface area (Å²) in [5.74, 6) is -2.31. The van der Waals surface area contributed by atoms with Crippen LogP contribution in [0.25, 0.3) is 5.69 Å². The summed E-state index contributed by atoms with van der Waals surface area (Å²) < 4.78 is 54.9. The summed E-state index contributed by atoms with van der Waals surface area (Å²) in [4.78, 5) is 36.1. The third-order valence-corrected chi connectivity index (χ3v) is 4.30. The van der Waals surface area contributed by atoms with Crippen LogP contribution in [0.15, 0.2) is 53.3 Å². The van der Waals surface area contributed by atoms with E-state index in [1.165, 1.54) is 32.0 Å². The van der Waals surface area contributed by atoms with Crippen LogP contribution in [0.2, 0.25) is 0 Å². The van der Waals surface area contributed by atoms with Crippen LogP contribution in [0.4, 0.5) is 28.9 Å². The first-order valence-electron chi connectivity index (χ1n) is 9.13. The Morgan fingerprint density at radius 1 is 1.03 bits per heavy atom. The van der Waals surface area contributed by atoms with Gasteiger partial charge in [-0.15, -0.1) is 0 Å². The van der Waals surface area contributed by atoms with Gasteiger partial charge in [0.2, 0.25) is 11.3 Å². The molecule has 7 nitrogen and oxygen atoms in total. The first-order valence-corrected chi connectivity index (χ1v) is 9.13. The van der Waals surface area contributed by atoms with Gasteiger partial charge in [0.1, 0.15) is 5.82 Å². The van der Waals surface area contributed by atoms with Crippen LogP contribution in [-0.2, 0) is 11.0 Å². The van der Waals surface area contributed by atoms with Gasteiger partial charge < -0.3 is 10.6 Å². The van der Waals surface area contributed by atoms with Crippen molar-refractivity contribution in [3.8, 4) is 5.69 Å². The Kier molecular flexibility index (Phi) is 6.10. The second-order valence-corrected chi connectivity index (χ2v) is 6.76. The molecule has 2 N–H and O–H groups in total. The van der Waals surface area contributed by atoms with Crippen molar-refractivity contribution in [3.63, 3.8) is 0 Å². The fourth-order valence-electron chi connectivity index (χ4n) is 2.93. The number of hydrogen-bond acceptors (Lipinski definition) is 4. The Morgan fingerprint density at radius 3 is 2.38 bits per heavy atom. The van der Waals surface area contributed by atoms with Gasteiger partial charge in [-0.1, -0.05) is 12.1 Å². The highest BCUT2D eigenvalue weighted by Crippen LogP contribution is 2.33. The zero-order valence-electron chi connectivity index (χ0n) is 16.7. The molecule has 0 aliphatic rings. The van der Waals surface area contributed by atoms with Crippen LogP contribution in [-0.4, -0.2) is 21.6 Å². The lowest BCUT2D eigenvalue weighted by Crippen LogP contribution is -2.27. The highest BCUT2D eigenvalue weighted by molar-refractivity contribution is 6.03. The van der Waals surface area contributed by atoms with Crippen LogP contribution in [0.5, 0.6) is 0 Å². The van der Waals surface area contributed by atoms with E-state index in [1.807, 2.05) is 0 Å². The third kappa shape index (κ3) is 4.82. The Labute approximate surface area is 178 Å². The molecule has 166 valence electrons. The van der Waals surface area contributed by atoms with E-state index in [1.54, 1.807) is 0 Å². The first-order chi connectivity index (χ1) is 15.0. The van der Waals surface area contributed by atoms with E-state index >= 15 is 0 Å². The summed E-state index contributed by atoms with van der Waals surface area (Å²) in [6, 6.07) is 8.88. The molecule has 0 aliphatic carbocycles. The molecule has 0 saturated carbocycles. The molecule has 11 heteroatoms. The Morgan fingerprint density at radius 2 is 1.72 bits per heavy atom. The number of aryl methyl sites for hydroxylation is 1. The number of nitrogens with one attached hydrogen (secondary N) is 2. The van der Waals surface area contributed by atoms with Gasteiger partial charge in [0.15, 0.2) is 5.69 Å². The van der Waals surface area contributed by atoms with E-state index in [4.69, 9.17) is 0 Å². The summed E-state index contributed by atoms with van der Waals surface area (Å²) in [6.07, 6.45) is -4.69. The van der Waals surface area contributed by atoms with Crippen molar-refractivity contribution in [2.75, 3.05) is 10.6 Å². The Hall–Kier alpha value is -4.02. The van der Waals surface area contributed by atoms with Crippen LogP contribution in [0, 0.1) is 12.7 Å². The van der Waals surface area contributed by atoms with Crippen LogP contribution < -0.4 is 16.1 Å². The van der Waals surface area contributed by atoms with Crippen LogP contribution in [0.1, 0.15) is 28.7 Å². The maximum Gasteiger partial charge on any atom is 0.418 e. The Bertz CT molecular complexity index is 1270. The lowest BCUT2D eigenvalue weighted by molar-refractivity contribution is -0.137. The molecule has 3 rings (SSSR count). The molecule has 2 aromatic carbocycles. The van der Waals surface area contributed by atoms with Crippen LogP contribution >= 0.6 is 0 Å². The molecule has 1 heterocycles. The van der Waals surface area contributed by atoms with Crippen molar-refractivity contribution in [2.45, 2.75) is 20.0 Å². The lowest BCUT2D eigenvalue weighted by Gasteiger charge is -2.16. The van der Waals surface area contributed by atoms with Crippen molar-refractivity contribution in [2.24, 2.45) is 0 Å². The number of alkyl halides is 3. The van der Waals surface area contributed by atoms with Crippen molar-refractivity contribution in [1.29, 1.82) is 0 Å². The maximum absolute atomic E-state index is 13.8. The predicted molar refractivity (Wildman–Crippen MR) is 108 cm³/mol. The molecule has 0 spiro atoms. The maximum atomic E-state index is 13.8. The van der Waals surface area contributed by atoms with Gasteiger partial charge in [0.05, 0.1) is 16.9 Å². The third-order valence-electron chi connectivity index (χ3n) is 4.30. The molecule has 0 radical (unpaired) electrons. The summed E-state index contributed by atoms with van der Waals surface area (Å²) in [6.45, 7) is 2.55. The number of carbonyl (C=O) groups excluding carboxylic acids is 2. The normalized spacial score (nSPS) is 11.2. The molecule has 2 amide bonds. The van der Waals surface area contributed by atoms with Gasteiger partial charge in [-0.05, 0) is 37.3 Å². The second-order valence-electron chi connectivity index (χ2n) is 6.76. The topological polar surface area (TPSA) is 93.1 Å². The molecule has 0 aliphatic heterocycles. The minimum Gasteiger partial charge on any atom is -0.324 e. The zero-order valence-corrected chi connectivity index (χ0v) is 16.7. The molecular weight excluding hydrogens is 432 g/mol. The summed E-state index contributed by atoms with van der Waals surface area (Å²) in [5.41, 5.74) is -2.93. The fourth-order valence-corrected chi connectivity index (χ4v) is 2.93. The van der Waals surface area contributed by atoms with Gasteiger partial charge in [0.25, 0.3) is 5.91 Å². The minimum absolute atomic E-state index is 0.0316. The number of amides is 2. The van der Waals surface area contributed by atoms with Gasteiger partial charge in [-0.3, -0.25) is 14.4 Å². The number of carbonyl (C=O) groups is 2. The summed E-state index contributed by atoms with van der Waals surface area (Å²) in [7, 11) is 0. The quantitative estimate of drug-likeness (QED) is 0.592. The highest BCUT2D eigenvalue weighted by Gasteiger charge is 2.34. The number of para-hydroxylation sites is 1. The number of rotatable bonds is 4. The van der Waals surface area contributed by atoms with E-state index < -0.39 is 40.5 Å². The molecule has 32 heavy (non-hydrogen) atoms. The van der Waals surface area contributed by atoms with Gasteiger partial charge in [-0.2, -0.15) is 18.3 Å². The number of anilines is 2. The molecule has 1 aromatic heterocycles. The molecule has 0 saturated heterocycles. The zero-order chi connectivity index (χ0) is 23.6. The molecular formula is C21H16F4N4O3. The summed E-state index contributed by atoms with van der Waals surface area (Å²) in [5, 5.41) is 8.42. The number of halogens is 4. The van der Waals surface area contributed by atoms with Crippen molar-refractivity contribution >= 4 is 23.2 Å².